The van der Waals surface area contributed by atoms with Crippen LogP contribution in [0.1, 0.15) is 25.3 Å². The molecule has 0 saturated heterocycles. The Morgan fingerprint density at radius 2 is 2.06 bits per heavy atom. The van der Waals surface area contributed by atoms with Gasteiger partial charge in [0.2, 0.25) is 0 Å². The van der Waals surface area contributed by atoms with Crippen LogP contribution in [0.15, 0.2) is 30.6 Å². The molecule has 0 N–H and O–H groups in total. The third kappa shape index (κ3) is 2.18. The zero-order chi connectivity index (χ0) is 12.4. The van der Waals surface area contributed by atoms with Gasteiger partial charge in [-0.15, -0.1) is 0 Å². The van der Waals surface area contributed by atoms with Crippen molar-refractivity contribution in [3.63, 3.8) is 0 Å². The van der Waals surface area contributed by atoms with Crippen LogP contribution in [0, 0.1) is 0 Å². The molecule has 0 atom stereocenters. The standard InChI is InChI=1S/C14H18N2O/c1-10(2)12-6-5-11(9-13(12)17-4)14-15-7-8-16(14)3/h5-10H,1-4H3. The van der Waals surface area contributed by atoms with E-state index in [1.165, 1.54) is 5.56 Å². The van der Waals surface area contributed by atoms with E-state index in [0.717, 1.165) is 17.1 Å². The zero-order valence-electron chi connectivity index (χ0n) is 10.8. The van der Waals surface area contributed by atoms with Crippen LogP contribution in [0.3, 0.4) is 0 Å². The summed E-state index contributed by atoms with van der Waals surface area (Å²) in [6.07, 6.45) is 3.75. The van der Waals surface area contributed by atoms with Crippen LogP contribution < -0.4 is 4.74 Å². The average Bonchev–Trinajstić information content (AvgIpc) is 2.74. The number of ether oxygens (including phenoxy) is 1. The highest BCUT2D eigenvalue weighted by Crippen LogP contribution is 2.30. The molecule has 0 fully saturated rings. The maximum absolute atomic E-state index is 5.45. The van der Waals surface area contributed by atoms with E-state index in [0.29, 0.717) is 5.92 Å². The zero-order valence-corrected chi connectivity index (χ0v) is 10.8. The van der Waals surface area contributed by atoms with Crippen molar-refractivity contribution in [2.24, 2.45) is 7.05 Å². The Bertz CT molecular complexity index is 515. The van der Waals surface area contributed by atoms with Crippen molar-refractivity contribution in [3.8, 4) is 17.1 Å². The van der Waals surface area contributed by atoms with Crippen LogP contribution in [-0.2, 0) is 7.05 Å². The number of hydrogen-bond acceptors (Lipinski definition) is 2. The number of imidazole rings is 1. The summed E-state index contributed by atoms with van der Waals surface area (Å²) in [4.78, 5) is 4.34. The lowest BCUT2D eigenvalue weighted by Gasteiger charge is -2.13. The van der Waals surface area contributed by atoms with Gasteiger partial charge in [0, 0.05) is 25.0 Å². The molecule has 3 heteroatoms. The Morgan fingerprint density at radius 1 is 1.29 bits per heavy atom. The van der Waals surface area contributed by atoms with Gasteiger partial charge in [-0.25, -0.2) is 4.98 Å². The highest BCUT2D eigenvalue weighted by Gasteiger charge is 2.10. The first-order valence-electron chi connectivity index (χ1n) is 5.79. The van der Waals surface area contributed by atoms with E-state index in [1.807, 2.05) is 17.8 Å². The summed E-state index contributed by atoms with van der Waals surface area (Å²) < 4.78 is 7.45. The fourth-order valence-electron chi connectivity index (χ4n) is 1.97. The fourth-order valence-corrected chi connectivity index (χ4v) is 1.97. The van der Waals surface area contributed by atoms with Gasteiger partial charge in [0.15, 0.2) is 0 Å². The minimum atomic E-state index is 0.459. The Labute approximate surface area is 102 Å². The second kappa shape index (κ2) is 4.62. The molecule has 0 saturated carbocycles. The Morgan fingerprint density at radius 3 is 2.59 bits per heavy atom. The molecule has 2 aromatic rings. The molecule has 0 radical (unpaired) electrons. The van der Waals surface area contributed by atoms with Gasteiger partial charge in [-0.3, -0.25) is 0 Å². The van der Waals surface area contributed by atoms with Gasteiger partial charge in [0.05, 0.1) is 7.11 Å². The van der Waals surface area contributed by atoms with E-state index < -0.39 is 0 Å². The summed E-state index contributed by atoms with van der Waals surface area (Å²) in [6.45, 7) is 4.33. The number of aryl methyl sites for hydroxylation is 1. The average molecular weight is 230 g/mol. The molecule has 17 heavy (non-hydrogen) atoms. The highest BCUT2D eigenvalue weighted by atomic mass is 16.5. The molecular weight excluding hydrogens is 212 g/mol. The van der Waals surface area contributed by atoms with Crippen LogP contribution in [0.4, 0.5) is 0 Å². The molecule has 1 aromatic carbocycles. The molecule has 0 aliphatic heterocycles. The van der Waals surface area contributed by atoms with Gasteiger partial charge in [0.25, 0.3) is 0 Å². The fraction of sp³-hybridized carbons (Fsp3) is 0.357. The molecule has 0 spiro atoms. The van der Waals surface area contributed by atoms with E-state index in [-0.39, 0.29) is 0 Å². The predicted molar refractivity (Wildman–Crippen MR) is 69.3 cm³/mol. The van der Waals surface area contributed by atoms with Crippen LogP contribution >= 0.6 is 0 Å². The molecule has 0 aliphatic carbocycles. The van der Waals surface area contributed by atoms with Crippen LogP contribution in [0.2, 0.25) is 0 Å². The van der Waals surface area contributed by atoms with Crippen molar-refractivity contribution in [2.45, 2.75) is 19.8 Å². The molecule has 1 aromatic heterocycles. The summed E-state index contributed by atoms with van der Waals surface area (Å²) >= 11 is 0. The second-order valence-corrected chi connectivity index (χ2v) is 4.47. The molecule has 3 nitrogen and oxygen atoms in total. The quantitative estimate of drug-likeness (QED) is 0.809. The SMILES string of the molecule is COc1cc(-c2nccn2C)ccc1C(C)C. The predicted octanol–water partition coefficient (Wildman–Crippen LogP) is 3.22. The van der Waals surface area contributed by atoms with Gasteiger partial charge < -0.3 is 9.30 Å². The van der Waals surface area contributed by atoms with Crippen LogP contribution in [0.25, 0.3) is 11.4 Å². The first kappa shape index (κ1) is 11.7. The summed E-state index contributed by atoms with van der Waals surface area (Å²) in [5, 5.41) is 0. The molecule has 0 aliphatic rings. The first-order chi connectivity index (χ1) is 8.13. The van der Waals surface area contributed by atoms with Crippen molar-refractivity contribution in [1.29, 1.82) is 0 Å². The lowest BCUT2D eigenvalue weighted by atomic mass is 10.00. The topological polar surface area (TPSA) is 27.1 Å². The minimum Gasteiger partial charge on any atom is -0.496 e. The highest BCUT2D eigenvalue weighted by molar-refractivity contribution is 5.60. The van der Waals surface area contributed by atoms with Gasteiger partial charge in [0.1, 0.15) is 11.6 Å². The van der Waals surface area contributed by atoms with Crippen LogP contribution in [0.5, 0.6) is 5.75 Å². The van der Waals surface area contributed by atoms with Gasteiger partial charge in [-0.1, -0.05) is 26.0 Å². The summed E-state index contributed by atoms with van der Waals surface area (Å²) in [5.74, 6) is 2.35. The number of rotatable bonds is 3. The largest absolute Gasteiger partial charge is 0.496 e. The van der Waals surface area contributed by atoms with Crippen molar-refractivity contribution >= 4 is 0 Å². The van der Waals surface area contributed by atoms with Crippen molar-refractivity contribution in [3.05, 3.63) is 36.2 Å². The normalized spacial score (nSPS) is 10.9. The van der Waals surface area contributed by atoms with Gasteiger partial charge in [-0.05, 0) is 17.5 Å². The molecule has 90 valence electrons. The van der Waals surface area contributed by atoms with Crippen molar-refractivity contribution in [2.75, 3.05) is 7.11 Å². The maximum Gasteiger partial charge on any atom is 0.139 e. The third-order valence-corrected chi connectivity index (χ3v) is 2.93. The molecule has 0 bridgehead atoms. The third-order valence-electron chi connectivity index (χ3n) is 2.93. The Kier molecular flexibility index (Phi) is 3.18. The van der Waals surface area contributed by atoms with Crippen molar-refractivity contribution < 1.29 is 4.74 Å². The molecule has 1 heterocycles. The van der Waals surface area contributed by atoms with E-state index in [2.05, 4.69) is 37.0 Å². The summed E-state index contributed by atoms with van der Waals surface area (Å²) in [7, 11) is 3.70. The van der Waals surface area contributed by atoms with E-state index >= 15 is 0 Å². The first-order valence-corrected chi connectivity index (χ1v) is 5.79. The number of aromatic nitrogens is 2. The molecular formula is C14H18N2O. The lowest BCUT2D eigenvalue weighted by Crippen LogP contribution is -1.97. The number of methoxy groups -OCH3 is 1. The Balaban J connectivity index is 2.49. The molecule has 0 amide bonds. The van der Waals surface area contributed by atoms with Crippen molar-refractivity contribution in [1.82, 2.24) is 9.55 Å². The number of benzene rings is 1. The molecule has 2 rings (SSSR count). The van der Waals surface area contributed by atoms with E-state index in [4.69, 9.17) is 4.74 Å². The lowest BCUT2D eigenvalue weighted by molar-refractivity contribution is 0.407. The second-order valence-electron chi connectivity index (χ2n) is 4.47. The Hall–Kier alpha value is -1.77. The number of nitrogens with zero attached hydrogens (tertiary/aromatic N) is 2. The van der Waals surface area contributed by atoms with Gasteiger partial charge in [-0.2, -0.15) is 0 Å². The van der Waals surface area contributed by atoms with E-state index in [1.54, 1.807) is 13.3 Å². The summed E-state index contributed by atoms with van der Waals surface area (Å²) in [5.41, 5.74) is 2.31. The van der Waals surface area contributed by atoms with E-state index in [9.17, 15) is 0 Å². The minimum absolute atomic E-state index is 0.459. The molecule has 0 unspecified atom stereocenters. The number of hydrogen-bond donors (Lipinski definition) is 0. The van der Waals surface area contributed by atoms with Gasteiger partial charge >= 0.3 is 0 Å². The maximum atomic E-state index is 5.45. The summed E-state index contributed by atoms with van der Waals surface area (Å²) in [6, 6.07) is 6.27. The van der Waals surface area contributed by atoms with Crippen LogP contribution in [-0.4, -0.2) is 16.7 Å². The smallest absolute Gasteiger partial charge is 0.139 e. The monoisotopic (exact) mass is 230 g/mol.